The number of rotatable bonds is 6. The van der Waals surface area contributed by atoms with E-state index in [1.54, 1.807) is 41.2 Å². The van der Waals surface area contributed by atoms with Gasteiger partial charge in [0, 0.05) is 42.6 Å². The molecule has 0 saturated carbocycles. The van der Waals surface area contributed by atoms with Gasteiger partial charge in [0.25, 0.3) is 5.88 Å². The fourth-order valence-corrected chi connectivity index (χ4v) is 4.59. The van der Waals surface area contributed by atoms with Crippen LogP contribution in [0.4, 0.5) is 0 Å². The maximum atomic E-state index is 12.8. The zero-order valence-electron chi connectivity index (χ0n) is 20.2. The van der Waals surface area contributed by atoms with Crippen molar-refractivity contribution in [2.45, 2.75) is 32.4 Å². The summed E-state index contributed by atoms with van der Waals surface area (Å²) >= 11 is 0. The Morgan fingerprint density at radius 3 is 2.86 bits per heavy atom. The molecule has 9 nitrogen and oxygen atoms in total. The van der Waals surface area contributed by atoms with E-state index in [1.165, 1.54) is 0 Å². The minimum absolute atomic E-state index is 0.0232. The van der Waals surface area contributed by atoms with Gasteiger partial charge in [0.05, 0.1) is 5.69 Å². The molecular weight excluding hydrogens is 472 g/mol. The van der Waals surface area contributed by atoms with Crippen molar-refractivity contribution in [2.75, 3.05) is 13.2 Å². The minimum atomic E-state index is -0.349. The number of ether oxygens (including phenoxy) is 3. The van der Waals surface area contributed by atoms with Gasteiger partial charge >= 0.3 is 5.69 Å². The molecule has 0 bridgehead atoms. The lowest BCUT2D eigenvalue weighted by Crippen LogP contribution is -2.35. The standard InChI is InChI=1S/C28H24N4O5/c1-2-24(33)22-8-6-19(14-30-22)17-5-7-21-18(12-17)9-11-32-23(21)13-26(31-28(32)34)35-15-20-16-36-27-25(37-20)4-3-10-29-27/h3-8,10,12-14,20H,2,9,11,15-16H2,1H3. The van der Waals surface area contributed by atoms with Gasteiger partial charge < -0.3 is 14.2 Å². The van der Waals surface area contributed by atoms with Crippen molar-refractivity contribution in [1.82, 2.24) is 19.5 Å². The van der Waals surface area contributed by atoms with Crippen LogP contribution >= 0.6 is 0 Å². The number of benzene rings is 1. The molecule has 0 N–H and O–H groups in total. The summed E-state index contributed by atoms with van der Waals surface area (Å²) in [7, 11) is 0. The fraction of sp³-hybridized carbons (Fsp3) is 0.250. The Morgan fingerprint density at radius 2 is 2.03 bits per heavy atom. The summed E-state index contributed by atoms with van der Waals surface area (Å²) in [5.74, 6) is 1.29. The van der Waals surface area contributed by atoms with E-state index in [2.05, 4.69) is 21.0 Å². The second-order valence-corrected chi connectivity index (χ2v) is 8.91. The third-order valence-electron chi connectivity index (χ3n) is 6.53. The van der Waals surface area contributed by atoms with Crippen molar-refractivity contribution < 1.29 is 19.0 Å². The van der Waals surface area contributed by atoms with E-state index < -0.39 is 0 Å². The minimum Gasteiger partial charge on any atom is -0.478 e. The number of ketones is 1. The normalized spacial score (nSPS) is 15.4. The molecule has 1 atom stereocenters. The van der Waals surface area contributed by atoms with E-state index >= 15 is 0 Å². The van der Waals surface area contributed by atoms with Crippen LogP contribution in [0.5, 0.6) is 17.5 Å². The predicted molar refractivity (Wildman–Crippen MR) is 135 cm³/mol. The molecule has 1 aromatic carbocycles. The average Bonchev–Trinajstić information content (AvgIpc) is 2.95. The molecule has 3 aromatic heterocycles. The molecule has 9 heteroatoms. The molecule has 0 aliphatic carbocycles. The number of carbonyl (C=O) groups excluding carboxylic acids is 1. The van der Waals surface area contributed by atoms with Gasteiger partial charge in [-0.25, -0.2) is 9.78 Å². The molecule has 2 aliphatic heterocycles. The van der Waals surface area contributed by atoms with Crippen molar-refractivity contribution in [3.05, 3.63) is 82.7 Å². The maximum absolute atomic E-state index is 12.8. The van der Waals surface area contributed by atoms with E-state index in [-0.39, 0.29) is 30.1 Å². The van der Waals surface area contributed by atoms with Crippen LogP contribution in [0.3, 0.4) is 0 Å². The molecule has 1 unspecified atom stereocenters. The Bertz CT molecular complexity index is 1550. The first-order valence-electron chi connectivity index (χ1n) is 12.2. The van der Waals surface area contributed by atoms with Gasteiger partial charge in [-0.05, 0) is 35.7 Å². The fourth-order valence-electron chi connectivity index (χ4n) is 4.59. The van der Waals surface area contributed by atoms with Crippen LogP contribution in [0.2, 0.25) is 0 Å². The Hall–Kier alpha value is -4.53. The number of nitrogens with zero attached hydrogens (tertiary/aromatic N) is 4. The average molecular weight is 497 g/mol. The zero-order valence-corrected chi connectivity index (χ0v) is 20.2. The first kappa shape index (κ1) is 22.9. The largest absolute Gasteiger partial charge is 0.478 e. The zero-order chi connectivity index (χ0) is 25.4. The molecule has 37 heavy (non-hydrogen) atoms. The summed E-state index contributed by atoms with van der Waals surface area (Å²) in [5.41, 5.74) is 4.91. The summed E-state index contributed by atoms with van der Waals surface area (Å²) in [6.07, 6.45) is 4.16. The van der Waals surface area contributed by atoms with Gasteiger partial charge in [-0.3, -0.25) is 14.3 Å². The Balaban J connectivity index is 1.23. The number of hydrogen-bond acceptors (Lipinski definition) is 8. The third kappa shape index (κ3) is 4.44. The Labute approximate surface area is 212 Å². The number of pyridine rings is 2. The molecular formula is C28H24N4O5. The predicted octanol–water partition coefficient (Wildman–Crippen LogP) is 3.73. The highest BCUT2D eigenvalue weighted by Crippen LogP contribution is 2.33. The first-order valence-corrected chi connectivity index (χ1v) is 12.2. The number of Topliss-reactive ketones (excluding diaryl/α,β-unsaturated/α-hetero) is 1. The SMILES string of the molecule is CCC(=O)c1ccc(-c2ccc3c(c2)CCn2c-3cc(OCC3COc4ncccc4O3)nc2=O)cn1. The number of hydrogen-bond donors (Lipinski definition) is 0. The highest BCUT2D eigenvalue weighted by Gasteiger charge is 2.24. The molecule has 6 rings (SSSR count). The lowest BCUT2D eigenvalue weighted by molar-refractivity contribution is 0.0486. The maximum Gasteiger partial charge on any atom is 0.351 e. The van der Waals surface area contributed by atoms with Gasteiger partial charge in [-0.2, -0.15) is 4.98 Å². The van der Waals surface area contributed by atoms with Gasteiger partial charge in [-0.1, -0.05) is 31.2 Å². The van der Waals surface area contributed by atoms with Crippen LogP contribution in [0.1, 0.15) is 29.4 Å². The lowest BCUT2D eigenvalue weighted by Gasteiger charge is -2.26. The molecule has 186 valence electrons. The smallest absolute Gasteiger partial charge is 0.351 e. The van der Waals surface area contributed by atoms with Crippen molar-refractivity contribution >= 4 is 5.78 Å². The highest BCUT2D eigenvalue weighted by atomic mass is 16.6. The molecule has 0 fully saturated rings. The van der Waals surface area contributed by atoms with Crippen LogP contribution in [-0.4, -0.2) is 44.6 Å². The third-order valence-corrected chi connectivity index (χ3v) is 6.53. The van der Waals surface area contributed by atoms with Gasteiger partial charge in [0.15, 0.2) is 17.6 Å². The van der Waals surface area contributed by atoms with Gasteiger partial charge in [0.2, 0.25) is 5.88 Å². The van der Waals surface area contributed by atoms with Crippen molar-refractivity contribution in [2.24, 2.45) is 0 Å². The van der Waals surface area contributed by atoms with Crippen LogP contribution in [-0.2, 0) is 13.0 Å². The van der Waals surface area contributed by atoms with E-state index in [9.17, 15) is 9.59 Å². The first-order chi connectivity index (χ1) is 18.1. The molecule has 5 heterocycles. The summed E-state index contributed by atoms with van der Waals surface area (Å²) in [5, 5.41) is 0. The second-order valence-electron chi connectivity index (χ2n) is 8.91. The number of carbonyl (C=O) groups is 1. The van der Waals surface area contributed by atoms with E-state index in [0.717, 1.165) is 27.9 Å². The van der Waals surface area contributed by atoms with E-state index in [0.29, 0.717) is 43.3 Å². The Kier molecular flexibility index (Phi) is 5.88. The monoisotopic (exact) mass is 496 g/mol. The van der Waals surface area contributed by atoms with Crippen molar-refractivity contribution in [1.29, 1.82) is 0 Å². The Morgan fingerprint density at radius 1 is 1.14 bits per heavy atom. The van der Waals surface area contributed by atoms with Gasteiger partial charge in [-0.15, -0.1) is 0 Å². The molecule has 0 spiro atoms. The number of fused-ring (bicyclic) bond motifs is 4. The number of aryl methyl sites for hydroxylation is 1. The summed E-state index contributed by atoms with van der Waals surface area (Å²) in [4.78, 5) is 37.3. The van der Waals surface area contributed by atoms with Crippen molar-refractivity contribution in [3.8, 4) is 39.9 Å². The summed E-state index contributed by atoms with van der Waals surface area (Å²) in [6, 6.07) is 15.2. The number of aromatic nitrogens is 4. The quantitative estimate of drug-likeness (QED) is 0.372. The van der Waals surface area contributed by atoms with E-state index in [4.69, 9.17) is 14.2 Å². The molecule has 0 saturated heterocycles. The highest BCUT2D eigenvalue weighted by molar-refractivity contribution is 5.94. The van der Waals surface area contributed by atoms with Crippen LogP contribution in [0, 0.1) is 0 Å². The summed E-state index contributed by atoms with van der Waals surface area (Å²) in [6.45, 7) is 2.83. The topological polar surface area (TPSA) is 105 Å². The second kappa shape index (κ2) is 9.50. The lowest BCUT2D eigenvalue weighted by atomic mass is 9.93. The van der Waals surface area contributed by atoms with Crippen LogP contribution < -0.4 is 19.9 Å². The van der Waals surface area contributed by atoms with Crippen LogP contribution in [0.15, 0.2) is 65.7 Å². The summed E-state index contributed by atoms with van der Waals surface area (Å²) < 4.78 is 19.1. The van der Waals surface area contributed by atoms with Crippen molar-refractivity contribution in [3.63, 3.8) is 0 Å². The molecule has 4 aromatic rings. The van der Waals surface area contributed by atoms with Crippen LogP contribution in [0.25, 0.3) is 22.4 Å². The van der Waals surface area contributed by atoms with E-state index in [1.807, 2.05) is 25.1 Å². The van der Waals surface area contributed by atoms with Gasteiger partial charge in [0.1, 0.15) is 18.9 Å². The molecule has 0 amide bonds. The molecule has 2 aliphatic rings. The molecule has 0 radical (unpaired) electrons.